The standard InChI is InChI=1S/C18H16N2O3S2/c1-11-3-6-13(7-4-11)24-10-16(21)20-18-19-14-8-5-12(17(22)23-2)9-15(14)25-18/h3-9H,10H2,1-2H3,(H,19,20,21). The number of aromatic nitrogens is 1. The first kappa shape index (κ1) is 17.4. The molecule has 0 spiro atoms. The van der Waals surface area contributed by atoms with Gasteiger partial charge in [0, 0.05) is 4.90 Å². The van der Waals surface area contributed by atoms with Gasteiger partial charge in [-0.05, 0) is 37.3 Å². The molecule has 0 saturated heterocycles. The summed E-state index contributed by atoms with van der Waals surface area (Å²) in [5, 5.41) is 3.33. The summed E-state index contributed by atoms with van der Waals surface area (Å²) < 4.78 is 5.53. The average molecular weight is 372 g/mol. The van der Waals surface area contributed by atoms with Gasteiger partial charge in [0.2, 0.25) is 5.91 Å². The summed E-state index contributed by atoms with van der Waals surface area (Å²) >= 11 is 2.81. The molecule has 0 radical (unpaired) electrons. The van der Waals surface area contributed by atoms with Crippen LogP contribution in [0.5, 0.6) is 0 Å². The maximum Gasteiger partial charge on any atom is 0.337 e. The van der Waals surface area contributed by atoms with Crippen LogP contribution in [0, 0.1) is 6.92 Å². The van der Waals surface area contributed by atoms with Crippen molar-refractivity contribution in [2.45, 2.75) is 11.8 Å². The van der Waals surface area contributed by atoms with Gasteiger partial charge in [-0.3, -0.25) is 4.79 Å². The van der Waals surface area contributed by atoms with Crippen molar-refractivity contribution in [3.8, 4) is 0 Å². The van der Waals surface area contributed by atoms with E-state index in [1.165, 1.54) is 35.8 Å². The minimum atomic E-state index is -0.393. The van der Waals surface area contributed by atoms with E-state index in [9.17, 15) is 9.59 Å². The van der Waals surface area contributed by atoms with E-state index < -0.39 is 5.97 Å². The third kappa shape index (κ3) is 4.37. The zero-order valence-corrected chi connectivity index (χ0v) is 15.4. The van der Waals surface area contributed by atoms with E-state index >= 15 is 0 Å². The van der Waals surface area contributed by atoms with Gasteiger partial charge in [-0.1, -0.05) is 29.0 Å². The van der Waals surface area contributed by atoms with Gasteiger partial charge in [-0.15, -0.1) is 11.8 Å². The summed E-state index contributed by atoms with van der Waals surface area (Å²) in [6.07, 6.45) is 0. The molecule has 0 aliphatic carbocycles. The van der Waals surface area contributed by atoms with Crippen LogP contribution in [-0.4, -0.2) is 29.7 Å². The molecule has 0 saturated carbocycles. The maximum absolute atomic E-state index is 12.1. The van der Waals surface area contributed by atoms with E-state index in [1.54, 1.807) is 18.2 Å². The van der Waals surface area contributed by atoms with Crippen molar-refractivity contribution < 1.29 is 14.3 Å². The molecule has 5 nitrogen and oxygen atoms in total. The average Bonchev–Trinajstić information content (AvgIpc) is 3.01. The van der Waals surface area contributed by atoms with Crippen LogP contribution >= 0.6 is 23.1 Å². The molecule has 0 bridgehead atoms. The Kier molecular flexibility index (Phi) is 5.35. The van der Waals surface area contributed by atoms with Crippen molar-refractivity contribution in [2.24, 2.45) is 0 Å². The van der Waals surface area contributed by atoms with E-state index in [4.69, 9.17) is 4.74 Å². The second-order valence-electron chi connectivity index (χ2n) is 5.34. The number of ether oxygens (including phenoxy) is 1. The highest BCUT2D eigenvalue weighted by molar-refractivity contribution is 8.00. The summed E-state index contributed by atoms with van der Waals surface area (Å²) in [7, 11) is 1.34. The molecule has 0 unspecified atom stereocenters. The maximum atomic E-state index is 12.1. The number of carbonyl (C=O) groups is 2. The molecule has 0 aliphatic heterocycles. The lowest BCUT2D eigenvalue weighted by Gasteiger charge is -2.02. The fourth-order valence-electron chi connectivity index (χ4n) is 2.16. The molecule has 2 aromatic carbocycles. The monoisotopic (exact) mass is 372 g/mol. The quantitative estimate of drug-likeness (QED) is 0.539. The molecular formula is C18H16N2O3S2. The van der Waals surface area contributed by atoms with Crippen LogP contribution in [0.3, 0.4) is 0 Å². The Morgan fingerprint density at radius 2 is 1.96 bits per heavy atom. The molecule has 128 valence electrons. The molecule has 0 atom stereocenters. The van der Waals surface area contributed by atoms with Gasteiger partial charge in [0.05, 0.1) is 28.6 Å². The SMILES string of the molecule is COC(=O)c1ccc2nc(NC(=O)CSc3ccc(C)cc3)sc2c1. The van der Waals surface area contributed by atoms with Crippen LogP contribution in [0.2, 0.25) is 0 Å². The highest BCUT2D eigenvalue weighted by Gasteiger charge is 2.11. The van der Waals surface area contributed by atoms with Gasteiger partial charge in [0.25, 0.3) is 0 Å². The Morgan fingerprint density at radius 1 is 1.20 bits per heavy atom. The Labute approximate surface area is 153 Å². The first-order valence-corrected chi connectivity index (χ1v) is 9.33. The Balaban J connectivity index is 1.64. The number of nitrogens with zero attached hydrogens (tertiary/aromatic N) is 1. The third-order valence-electron chi connectivity index (χ3n) is 3.45. The van der Waals surface area contributed by atoms with Gasteiger partial charge in [-0.2, -0.15) is 0 Å². The smallest absolute Gasteiger partial charge is 0.337 e. The molecule has 0 fully saturated rings. The fourth-order valence-corrected chi connectivity index (χ4v) is 3.78. The van der Waals surface area contributed by atoms with Crippen molar-refractivity contribution in [3.63, 3.8) is 0 Å². The van der Waals surface area contributed by atoms with Crippen LogP contribution in [0.4, 0.5) is 5.13 Å². The number of fused-ring (bicyclic) bond motifs is 1. The van der Waals surface area contributed by atoms with E-state index in [-0.39, 0.29) is 5.91 Å². The fraction of sp³-hybridized carbons (Fsp3) is 0.167. The second-order valence-corrected chi connectivity index (χ2v) is 7.42. The number of carbonyl (C=O) groups excluding carboxylic acids is 2. The summed E-state index contributed by atoms with van der Waals surface area (Å²) in [6.45, 7) is 2.03. The van der Waals surface area contributed by atoms with Gasteiger partial charge in [0.1, 0.15) is 0 Å². The topological polar surface area (TPSA) is 68.3 Å². The number of esters is 1. The second kappa shape index (κ2) is 7.67. The summed E-state index contributed by atoms with van der Waals surface area (Å²) in [4.78, 5) is 29.1. The lowest BCUT2D eigenvalue weighted by atomic mass is 10.2. The Morgan fingerprint density at radius 3 is 2.68 bits per heavy atom. The lowest BCUT2D eigenvalue weighted by molar-refractivity contribution is -0.113. The molecule has 1 aromatic heterocycles. The van der Waals surface area contributed by atoms with Gasteiger partial charge < -0.3 is 10.1 Å². The van der Waals surface area contributed by atoms with Crippen LogP contribution in [-0.2, 0) is 9.53 Å². The number of amides is 1. The van der Waals surface area contributed by atoms with Gasteiger partial charge >= 0.3 is 5.97 Å². The molecule has 7 heteroatoms. The van der Waals surface area contributed by atoms with Gasteiger partial charge in [0.15, 0.2) is 5.13 Å². The highest BCUT2D eigenvalue weighted by atomic mass is 32.2. The Hall–Kier alpha value is -2.38. The van der Waals surface area contributed by atoms with Crippen LogP contribution in [0.15, 0.2) is 47.4 Å². The summed E-state index contributed by atoms with van der Waals surface area (Å²) in [5.41, 5.74) is 2.39. The first-order chi connectivity index (χ1) is 12.0. The number of methoxy groups -OCH3 is 1. The van der Waals surface area contributed by atoms with Crippen molar-refractivity contribution in [1.29, 1.82) is 0 Å². The number of nitrogens with one attached hydrogen (secondary N) is 1. The number of hydrogen-bond donors (Lipinski definition) is 1. The minimum Gasteiger partial charge on any atom is -0.465 e. The highest BCUT2D eigenvalue weighted by Crippen LogP contribution is 2.27. The van der Waals surface area contributed by atoms with Crippen molar-refractivity contribution in [3.05, 3.63) is 53.6 Å². The largest absolute Gasteiger partial charge is 0.465 e. The first-order valence-electron chi connectivity index (χ1n) is 7.53. The lowest BCUT2D eigenvalue weighted by Crippen LogP contribution is -2.13. The number of rotatable bonds is 5. The number of thiazole rings is 1. The predicted molar refractivity (Wildman–Crippen MR) is 101 cm³/mol. The predicted octanol–water partition coefficient (Wildman–Crippen LogP) is 4.12. The minimum absolute atomic E-state index is 0.113. The van der Waals surface area contributed by atoms with Crippen LogP contribution in [0.1, 0.15) is 15.9 Å². The van der Waals surface area contributed by atoms with E-state index in [0.717, 1.165) is 15.1 Å². The zero-order chi connectivity index (χ0) is 17.8. The molecule has 25 heavy (non-hydrogen) atoms. The number of aryl methyl sites for hydroxylation is 1. The zero-order valence-electron chi connectivity index (χ0n) is 13.7. The normalized spacial score (nSPS) is 10.6. The van der Waals surface area contributed by atoms with E-state index in [2.05, 4.69) is 10.3 Å². The Bertz CT molecular complexity index is 920. The summed E-state index contributed by atoms with van der Waals surface area (Å²) in [6, 6.07) is 13.2. The number of benzene rings is 2. The number of thioether (sulfide) groups is 1. The molecule has 1 amide bonds. The molecular weight excluding hydrogens is 356 g/mol. The third-order valence-corrected chi connectivity index (χ3v) is 5.39. The molecule has 3 aromatic rings. The molecule has 0 aliphatic rings. The molecule has 1 heterocycles. The van der Waals surface area contributed by atoms with Crippen molar-refractivity contribution in [1.82, 2.24) is 4.98 Å². The molecule has 3 rings (SSSR count). The van der Waals surface area contributed by atoms with Crippen molar-refractivity contribution in [2.75, 3.05) is 18.2 Å². The number of anilines is 1. The van der Waals surface area contributed by atoms with Crippen LogP contribution in [0.25, 0.3) is 10.2 Å². The molecule has 1 N–H and O–H groups in total. The van der Waals surface area contributed by atoms with Crippen molar-refractivity contribution >= 4 is 50.3 Å². The summed E-state index contributed by atoms with van der Waals surface area (Å²) in [5.74, 6) is -0.194. The number of hydrogen-bond acceptors (Lipinski definition) is 6. The van der Waals surface area contributed by atoms with Crippen LogP contribution < -0.4 is 5.32 Å². The van der Waals surface area contributed by atoms with E-state index in [1.807, 2.05) is 31.2 Å². The van der Waals surface area contributed by atoms with Gasteiger partial charge in [-0.25, -0.2) is 9.78 Å². The van der Waals surface area contributed by atoms with E-state index in [0.29, 0.717) is 16.4 Å².